The third kappa shape index (κ3) is 2.38. The van der Waals surface area contributed by atoms with E-state index in [1.54, 1.807) is 4.68 Å². The van der Waals surface area contributed by atoms with Crippen LogP contribution in [-0.4, -0.2) is 34.7 Å². The molecular weight excluding hydrogens is 252 g/mol. The van der Waals surface area contributed by atoms with Gasteiger partial charge in [0.15, 0.2) is 9.84 Å². The van der Waals surface area contributed by atoms with Gasteiger partial charge in [0.05, 0.1) is 23.0 Å². The van der Waals surface area contributed by atoms with E-state index in [9.17, 15) is 13.7 Å². The molecule has 1 aliphatic rings. The monoisotopic (exact) mass is 268 g/mol. The molecule has 0 bridgehead atoms. The number of rotatable bonds is 3. The van der Waals surface area contributed by atoms with E-state index in [1.807, 2.05) is 13.8 Å². The molecule has 0 spiro atoms. The Morgan fingerprint density at radius 2 is 2.33 bits per heavy atom. The van der Waals surface area contributed by atoms with Crippen LogP contribution in [0.3, 0.4) is 0 Å². The van der Waals surface area contributed by atoms with Crippen molar-refractivity contribution < 1.29 is 8.42 Å². The first-order chi connectivity index (χ1) is 8.37. The van der Waals surface area contributed by atoms with Crippen LogP contribution in [0.25, 0.3) is 0 Å². The van der Waals surface area contributed by atoms with Gasteiger partial charge in [-0.05, 0) is 20.3 Å². The van der Waals surface area contributed by atoms with E-state index >= 15 is 0 Å². The van der Waals surface area contributed by atoms with Crippen LogP contribution in [0.4, 0.5) is 0 Å². The summed E-state index contributed by atoms with van der Waals surface area (Å²) in [6.07, 6.45) is 2.18. The van der Waals surface area contributed by atoms with Crippen molar-refractivity contribution in [1.82, 2.24) is 14.8 Å². The van der Waals surface area contributed by atoms with Gasteiger partial charge in [0.2, 0.25) is 0 Å². The largest absolute Gasteiger partial charge is 0.248 e. The molecule has 1 atom stereocenters. The lowest BCUT2D eigenvalue weighted by molar-refractivity contribution is 0.408. The molecule has 0 radical (unpaired) electrons. The molecule has 0 aliphatic carbocycles. The maximum atomic E-state index is 11.6. The lowest BCUT2D eigenvalue weighted by Gasteiger charge is -2.19. The second-order valence-corrected chi connectivity index (χ2v) is 7.31. The summed E-state index contributed by atoms with van der Waals surface area (Å²) < 4.78 is 24.9. The molecule has 1 aromatic heterocycles. The molecule has 1 aliphatic heterocycles. The normalized spacial score (nSPS) is 26.3. The highest BCUT2D eigenvalue weighted by Crippen LogP contribution is 2.34. The Labute approximate surface area is 107 Å². The topological polar surface area (TPSA) is 88.6 Å². The van der Waals surface area contributed by atoms with Crippen LogP contribution in [0, 0.1) is 16.7 Å². The van der Waals surface area contributed by atoms with Crippen LogP contribution in [-0.2, 0) is 16.3 Å². The van der Waals surface area contributed by atoms with E-state index < -0.39 is 15.3 Å². The van der Waals surface area contributed by atoms with Crippen LogP contribution in [0.2, 0.25) is 0 Å². The van der Waals surface area contributed by atoms with Gasteiger partial charge in [-0.2, -0.15) is 10.4 Å². The number of aromatic nitrogens is 3. The second-order valence-electron chi connectivity index (χ2n) is 5.13. The fourth-order valence-corrected chi connectivity index (χ4v) is 4.32. The summed E-state index contributed by atoms with van der Waals surface area (Å²) in [6, 6.07) is 2.33. The van der Waals surface area contributed by atoms with E-state index in [1.165, 1.54) is 6.33 Å². The lowest BCUT2D eigenvalue weighted by atomic mass is 9.85. The number of hydrogen-bond donors (Lipinski definition) is 0. The summed E-state index contributed by atoms with van der Waals surface area (Å²) in [7, 11) is -3.08. The van der Waals surface area contributed by atoms with Crippen molar-refractivity contribution in [1.29, 1.82) is 5.26 Å². The lowest BCUT2D eigenvalue weighted by Crippen LogP contribution is -2.25. The van der Waals surface area contributed by atoms with Gasteiger partial charge in [0.25, 0.3) is 0 Å². The van der Waals surface area contributed by atoms with Crippen molar-refractivity contribution in [2.75, 3.05) is 11.5 Å². The third-order valence-corrected chi connectivity index (χ3v) is 5.08. The quantitative estimate of drug-likeness (QED) is 0.806. The molecule has 2 rings (SSSR count). The summed E-state index contributed by atoms with van der Waals surface area (Å²) in [5.41, 5.74) is -0.835. The summed E-state index contributed by atoms with van der Waals surface area (Å²) in [5, 5.41) is 13.4. The molecule has 0 N–H and O–H groups in total. The predicted molar refractivity (Wildman–Crippen MR) is 65.4 cm³/mol. The SMILES string of the molecule is CC(C)n1ncnc1CC1(C#N)CCS(=O)(=O)C1. The molecule has 7 heteroatoms. The summed E-state index contributed by atoms with van der Waals surface area (Å²) in [6.45, 7) is 3.95. The predicted octanol–water partition coefficient (Wildman–Crippen LogP) is 0.730. The van der Waals surface area contributed by atoms with Gasteiger partial charge in [-0.25, -0.2) is 18.1 Å². The standard InChI is InChI=1S/C11H16N4O2S/c1-9(2)15-10(13-8-14-15)5-11(6-12)3-4-18(16,17)7-11/h8-9H,3-5,7H2,1-2H3. The molecule has 0 aromatic carbocycles. The minimum atomic E-state index is -3.08. The van der Waals surface area contributed by atoms with E-state index in [0.29, 0.717) is 18.7 Å². The smallest absolute Gasteiger partial charge is 0.151 e. The Morgan fingerprint density at radius 1 is 1.61 bits per heavy atom. The minimum absolute atomic E-state index is 0.0680. The van der Waals surface area contributed by atoms with Gasteiger partial charge in [-0.1, -0.05) is 0 Å². The van der Waals surface area contributed by atoms with E-state index in [4.69, 9.17) is 0 Å². The van der Waals surface area contributed by atoms with Crippen molar-refractivity contribution in [2.45, 2.75) is 32.7 Å². The molecule has 98 valence electrons. The van der Waals surface area contributed by atoms with Crippen molar-refractivity contribution in [3.8, 4) is 6.07 Å². The molecule has 1 fully saturated rings. The van der Waals surface area contributed by atoms with E-state index in [2.05, 4.69) is 16.2 Å². The fourth-order valence-electron chi connectivity index (χ4n) is 2.32. The zero-order chi connectivity index (χ0) is 13.4. The van der Waals surface area contributed by atoms with Crippen LogP contribution < -0.4 is 0 Å². The van der Waals surface area contributed by atoms with Crippen LogP contribution in [0.5, 0.6) is 0 Å². The molecule has 18 heavy (non-hydrogen) atoms. The Morgan fingerprint density at radius 3 is 2.83 bits per heavy atom. The van der Waals surface area contributed by atoms with Crippen molar-refractivity contribution >= 4 is 9.84 Å². The fraction of sp³-hybridized carbons (Fsp3) is 0.727. The Bertz CT molecular complexity index is 584. The minimum Gasteiger partial charge on any atom is -0.248 e. The van der Waals surface area contributed by atoms with Gasteiger partial charge >= 0.3 is 0 Å². The number of hydrogen-bond acceptors (Lipinski definition) is 5. The van der Waals surface area contributed by atoms with E-state index in [-0.39, 0.29) is 17.5 Å². The highest BCUT2D eigenvalue weighted by atomic mass is 32.2. The Kier molecular flexibility index (Phi) is 3.15. The second kappa shape index (κ2) is 4.35. The molecular formula is C11H16N4O2S. The first-order valence-electron chi connectivity index (χ1n) is 5.88. The van der Waals surface area contributed by atoms with Gasteiger partial charge in [-0.15, -0.1) is 0 Å². The highest BCUT2D eigenvalue weighted by molar-refractivity contribution is 7.91. The number of nitriles is 1. The van der Waals surface area contributed by atoms with Gasteiger partial charge in [0.1, 0.15) is 12.2 Å². The number of nitrogens with zero attached hydrogens (tertiary/aromatic N) is 4. The maximum Gasteiger partial charge on any atom is 0.151 e. The van der Waals surface area contributed by atoms with Crippen molar-refractivity contribution in [3.05, 3.63) is 12.2 Å². The van der Waals surface area contributed by atoms with Gasteiger partial charge in [-0.3, -0.25) is 0 Å². The molecule has 1 saturated heterocycles. The van der Waals surface area contributed by atoms with Crippen molar-refractivity contribution in [3.63, 3.8) is 0 Å². The van der Waals surface area contributed by atoms with Gasteiger partial charge in [0, 0.05) is 12.5 Å². The molecule has 6 nitrogen and oxygen atoms in total. The third-order valence-electron chi connectivity index (χ3n) is 3.26. The Balaban J connectivity index is 2.28. The van der Waals surface area contributed by atoms with Crippen LogP contribution in [0.1, 0.15) is 32.1 Å². The van der Waals surface area contributed by atoms with Crippen LogP contribution in [0.15, 0.2) is 6.33 Å². The van der Waals surface area contributed by atoms with Gasteiger partial charge < -0.3 is 0 Å². The summed E-state index contributed by atoms with van der Waals surface area (Å²) in [5.74, 6) is 0.710. The molecule has 0 saturated carbocycles. The summed E-state index contributed by atoms with van der Waals surface area (Å²) >= 11 is 0. The molecule has 1 aromatic rings. The zero-order valence-corrected chi connectivity index (χ0v) is 11.3. The maximum absolute atomic E-state index is 11.6. The highest BCUT2D eigenvalue weighted by Gasteiger charge is 2.43. The Hall–Kier alpha value is -1.42. The average Bonchev–Trinajstić information content (AvgIpc) is 2.84. The van der Waals surface area contributed by atoms with E-state index in [0.717, 1.165) is 0 Å². The zero-order valence-electron chi connectivity index (χ0n) is 10.5. The molecule has 2 heterocycles. The van der Waals surface area contributed by atoms with Crippen LogP contribution >= 0.6 is 0 Å². The van der Waals surface area contributed by atoms with Crippen molar-refractivity contribution in [2.24, 2.45) is 5.41 Å². The molecule has 0 amide bonds. The number of sulfone groups is 1. The average molecular weight is 268 g/mol. The first kappa shape index (κ1) is 13.0. The first-order valence-corrected chi connectivity index (χ1v) is 7.70. The molecule has 1 unspecified atom stereocenters. The summed E-state index contributed by atoms with van der Waals surface area (Å²) in [4.78, 5) is 4.15.